The van der Waals surface area contributed by atoms with Gasteiger partial charge in [0, 0.05) is 6.42 Å². The monoisotopic (exact) mass is 524 g/mol. The highest BCUT2D eigenvalue weighted by molar-refractivity contribution is 5.38. The van der Waals surface area contributed by atoms with Crippen molar-refractivity contribution in [1.82, 2.24) is 0 Å². The number of aliphatic hydroxyl groups is 3. The Labute approximate surface area is 209 Å². The van der Waals surface area contributed by atoms with Crippen molar-refractivity contribution in [2.75, 3.05) is 0 Å². The van der Waals surface area contributed by atoms with Gasteiger partial charge in [0.05, 0.1) is 12.2 Å². The molecule has 3 saturated carbocycles. The molecule has 0 bridgehead atoms. The average Bonchev–Trinajstić information content (AvgIpc) is 3.11. The van der Waals surface area contributed by atoms with Crippen LogP contribution < -0.4 is 0 Å². The van der Waals surface area contributed by atoms with Crippen LogP contribution >= 0.6 is 0 Å². The summed E-state index contributed by atoms with van der Waals surface area (Å²) in [6.45, 7) is 8.03. The third-order valence-corrected chi connectivity index (χ3v) is 9.12. The first-order valence-corrected chi connectivity index (χ1v) is 12.8. The smallest absolute Gasteiger partial charge is 0.393 e. The fourth-order valence-corrected chi connectivity index (χ4v) is 7.00. The molecule has 0 amide bonds. The number of hydrogen-bond acceptors (Lipinski definition) is 3. The Balaban J connectivity index is 1.69. The number of rotatable bonds is 6. The molecule has 0 saturated heterocycles. The SMILES string of the molecule is C=C1/C(=C\C=C2/CCCC3(C)C2CC[C@@H]3[C@H](C)CCCC(O)(C(F)(F)F)C(F)(F)F)C[C@@H](O)C[C@@H]1O. The molecule has 206 valence electrons. The van der Waals surface area contributed by atoms with Gasteiger partial charge in [-0.15, -0.1) is 0 Å². The van der Waals surface area contributed by atoms with E-state index in [4.69, 9.17) is 0 Å². The predicted octanol–water partition coefficient (Wildman–Crippen LogP) is 6.79. The second-order valence-corrected chi connectivity index (χ2v) is 11.4. The number of aliphatic hydroxyl groups excluding tert-OH is 2. The first kappa shape index (κ1) is 29.2. The summed E-state index contributed by atoms with van der Waals surface area (Å²) in [4.78, 5) is 0. The van der Waals surface area contributed by atoms with Crippen LogP contribution in [-0.4, -0.2) is 45.5 Å². The number of alkyl halides is 6. The topological polar surface area (TPSA) is 60.7 Å². The summed E-state index contributed by atoms with van der Waals surface area (Å²) in [5.41, 5.74) is -2.08. The van der Waals surface area contributed by atoms with Crippen molar-refractivity contribution in [3.05, 3.63) is 35.5 Å². The maximum absolute atomic E-state index is 13.0. The lowest BCUT2D eigenvalue weighted by Gasteiger charge is -2.44. The number of allylic oxidation sites excluding steroid dienone is 3. The van der Waals surface area contributed by atoms with E-state index in [1.807, 2.05) is 13.0 Å². The van der Waals surface area contributed by atoms with Crippen LogP contribution in [0.2, 0.25) is 0 Å². The fourth-order valence-electron chi connectivity index (χ4n) is 7.00. The molecule has 0 spiro atoms. The van der Waals surface area contributed by atoms with Crippen LogP contribution in [0.25, 0.3) is 0 Å². The van der Waals surface area contributed by atoms with E-state index in [9.17, 15) is 41.7 Å². The average molecular weight is 525 g/mol. The van der Waals surface area contributed by atoms with Crippen molar-refractivity contribution in [3.8, 4) is 0 Å². The van der Waals surface area contributed by atoms with Crippen molar-refractivity contribution in [1.29, 1.82) is 0 Å². The van der Waals surface area contributed by atoms with Gasteiger partial charge in [0.2, 0.25) is 0 Å². The minimum atomic E-state index is -5.77. The van der Waals surface area contributed by atoms with Crippen LogP contribution in [0.1, 0.15) is 78.1 Å². The van der Waals surface area contributed by atoms with Gasteiger partial charge in [0.15, 0.2) is 0 Å². The second-order valence-electron chi connectivity index (χ2n) is 11.4. The second kappa shape index (κ2) is 10.4. The van der Waals surface area contributed by atoms with E-state index < -0.39 is 36.6 Å². The summed E-state index contributed by atoms with van der Waals surface area (Å²) in [6.07, 6.45) is -5.24. The molecule has 0 aliphatic heterocycles. The Hall–Kier alpha value is -1.32. The molecule has 6 atom stereocenters. The Morgan fingerprint density at radius 1 is 1.08 bits per heavy atom. The van der Waals surface area contributed by atoms with E-state index in [0.717, 1.165) is 37.7 Å². The molecule has 0 heterocycles. The van der Waals surface area contributed by atoms with E-state index in [-0.39, 0.29) is 42.4 Å². The molecule has 0 aromatic carbocycles. The lowest BCUT2D eigenvalue weighted by Crippen LogP contribution is -2.56. The Bertz CT molecular complexity index is 860. The normalized spacial score (nSPS) is 35.4. The summed E-state index contributed by atoms with van der Waals surface area (Å²) in [6, 6.07) is 0. The zero-order valence-electron chi connectivity index (χ0n) is 20.9. The number of hydrogen-bond donors (Lipinski definition) is 3. The molecule has 3 fully saturated rings. The van der Waals surface area contributed by atoms with Gasteiger partial charge in [-0.05, 0) is 85.7 Å². The van der Waals surface area contributed by atoms with E-state index >= 15 is 0 Å². The summed E-state index contributed by atoms with van der Waals surface area (Å²) in [5.74, 6) is 0.355. The summed E-state index contributed by atoms with van der Waals surface area (Å²) in [7, 11) is 0. The lowest BCUT2D eigenvalue weighted by atomic mass is 9.60. The first-order chi connectivity index (χ1) is 16.5. The minimum Gasteiger partial charge on any atom is -0.393 e. The highest BCUT2D eigenvalue weighted by Gasteiger charge is 2.69. The van der Waals surface area contributed by atoms with E-state index in [1.165, 1.54) is 5.57 Å². The standard InChI is InChI=1S/C27H38F6O3/c1-16(6-4-13-25(36,26(28,29)30)27(31,32)33)21-10-11-22-18(7-5-12-24(21,22)3)8-9-19-14-20(34)15-23(35)17(19)2/h8-9,16,20-23,34-36H,2,4-7,10-15H2,1,3H3/b18-8+,19-9-/t16-,20-,21-,22?,23+,24?/m1/s1. The van der Waals surface area contributed by atoms with Crippen molar-refractivity contribution in [2.24, 2.45) is 23.2 Å². The van der Waals surface area contributed by atoms with E-state index in [2.05, 4.69) is 19.6 Å². The molecular formula is C27H38F6O3. The molecular weight excluding hydrogens is 486 g/mol. The number of halogens is 6. The first-order valence-electron chi connectivity index (χ1n) is 12.8. The fraction of sp³-hybridized carbons (Fsp3) is 0.778. The van der Waals surface area contributed by atoms with Crippen molar-refractivity contribution < 1.29 is 41.7 Å². The van der Waals surface area contributed by atoms with Crippen molar-refractivity contribution >= 4 is 0 Å². The molecule has 2 unspecified atom stereocenters. The van der Waals surface area contributed by atoms with Gasteiger partial charge in [-0.2, -0.15) is 26.3 Å². The number of fused-ring (bicyclic) bond motifs is 1. The Kier molecular flexibility index (Phi) is 8.48. The summed E-state index contributed by atoms with van der Waals surface area (Å²) in [5, 5.41) is 29.5. The van der Waals surface area contributed by atoms with Gasteiger partial charge < -0.3 is 15.3 Å². The zero-order chi connectivity index (χ0) is 27.1. The molecule has 3 rings (SSSR count). The van der Waals surface area contributed by atoms with Crippen LogP contribution in [-0.2, 0) is 0 Å². The Morgan fingerprint density at radius 3 is 2.33 bits per heavy atom. The molecule has 3 nitrogen and oxygen atoms in total. The van der Waals surface area contributed by atoms with Crippen LogP contribution in [0.15, 0.2) is 35.5 Å². The minimum absolute atomic E-state index is 0.0770. The Morgan fingerprint density at radius 2 is 1.72 bits per heavy atom. The molecule has 0 radical (unpaired) electrons. The van der Waals surface area contributed by atoms with Crippen molar-refractivity contribution in [2.45, 2.75) is 108 Å². The molecule has 9 heteroatoms. The highest BCUT2D eigenvalue weighted by atomic mass is 19.4. The van der Waals surface area contributed by atoms with Crippen LogP contribution in [0, 0.1) is 23.2 Å². The summed E-state index contributed by atoms with van der Waals surface area (Å²) < 4.78 is 78.1. The molecule has 3 N–H and O–H groups in total. The van der Waals surface area contributed by atoms with Crippen LogP contribution in [0.5, 0.6) is 0 Å². The quantitative estimate of drug-likeness (QED) is 0.336. The van der Waals surface area contributed by atoms with Crippen LogP contribution in [0.4, 0.5) is 26.3 Å². The van der Waals surface area contributed by atoms with E-state index in [0.29, 0.717) is 12.0 Å². The molecule has 0 aromatic heterocycles. The van der Waals surface area contributed by atoms with Crippen LogP contribution in [0.3, 0.4) is 0 Å². The largest absolute Gasteiger partial charge is 0.426 e. The van der Waals surface area contributed by atoms with E-state index in [1.54, 1.807) is 0 Å². The predicted molar refractivity (Wildman–Crippen MR) is 125 cm³/mol. The third kappa shape index (κ3) is 5.58. The molecule has 3 aliphatic rings. The van der Waals surface area contributed by atoms with Gasteiger partial charge in [-0.3, -0.25) is 0 Å². The van der Waals surface area contributed by atoms with Crippen molar-refractivity contribution in [3.63, 3.8) is 0 Å². The maximum atomic E-state index is 13.0. The van der Waals surface area contributed by atoms with Gasteiger partial charge in [0.1, 0.15) is 0 Å². The zero-order valence-corrected chi connectivity index (χ0v) is 20.9. The van der Waals surface area contributed by atoms with Gasteiger partial charge in [0.25, 0.3) is 5.60 Å². The van der Waals surface area contributed by atoms with Gasteiger partial charge in [-0.1, -0.05) is 44.6 Å². The molecule has 36 heavy (non-hydrogen) atoms. The lowest BCUT2D eigenvalue weighted by molar-refractivity contribution is -0.370. The molecule has 3 aliphatic carbocycles. The highest BCUT2D eigenvalue weighted by Crippen LogP contribution is 2.60. The molecule has 0 aromatic rings. The third-order valence-electron chi connectivity index (χ3n) is 9.12. The van der Waals surface area contributed by atoms with Gasteiger partial charge in [-0.25, -0.2) is 0 Å². The van der Waals surface area contributed by atoms with Gasteiger partial charge >= 0.3 is 12.4 Å². The summed E-state index contributed by atoms with van der Waals surface area (Å²) >= 11 is 0. The maximum Gasteiger partial charge on any atom is 0.426 e.